The molecule has 1 atom stereocenters. The van der Waals surface area contributed by atoms with Gasteiger partial charge in [0.05, 0.1) is 18.8 Å². The van der Waals surface area contributed by atoms with Crippen molar-refractivity contribution < 1.29 is 9.53 Å². The van der Waals surface area contributed by atoms with Crippen LogP contribution in [0.25, 0.3) is 0 Å². The van der Waals surface area contributed by atoms with Crippen LogP contribution in [0, 0.1) is 6.92 Å². The van der Waals surface area contributed by atoms with Gasteiger partial charge < -0.3 is 10.1 Å². The van der Waals surface area contributed by atoms with Crippen LogP contribution < -0.4 is 15.0 Å². The van der Waals surface area contributed by atoms with Gasteiger partial charge in [0.1, 0.15) is 11.6 Å². The zero-order valence-corrected chi connectivity index (χ0v) is 17.7. The van der Waals surface area contributed by atoms with Crippen molar-refractivity contribution in [3.05, 3.63) is 41.6 Å². The van der Waals surface area contributed by atoms with E-state index < -0.39 is 0 Å². The smallest absolute Gasteiger partial charge is 0.245 e. The van der Waals surface area contributed by atoms with Crippen LogP contribution in [-0.2, 0) is 11.8 Å². The molecular weight excluding hydrogens is 364 g/mol. The van der Waals surface area contributed by atoms with E-state index in [1.807, 2.05) is 29.6 Å². The van der Waals surface area contributed by atoms with Crippen LogP contribution in [0.5, 0.6) is 5.75 Å². The normalized spacial score (nSPS) is 25.3. The second-order valence-corrected chi connectivity index (χ2v) is 8.44. The minimum absolute atomic E-state index is 0.0820. The molecule has 0 bridgehead atoms. The van der Waals surface area contributed by atoms with Crippen molar-refractivity contribution in [2.45, 2.75) is 63.5 Å². The number of hydrogen-bond donors (Lipinski definition) is 1. The van der Waals surface area contributed by atoms with Crippen LogP contribution in [0.3, 0.4) is 0 Å². The van der Waals surface area contributed by atoms with Crippen molar-refractivity contribution >= 4 is 11.7 Å². The van der Waals surface area contributed by atoms with Gasteiger partial charge in [-0.25, -0.2) is 0 Å². The average Bonchev–Trinajstić information content (AvgIpc) is 3.08. The van der Waals surface area contributed by atoms with Gasteiger partial charge in [0.2, 0.25) is 5.91 Å². The zero-order chi connectivity index (χ0) is 20.4. The summed E-state index contributed by atoms with van der Waals surface area (Å²) in [6, 6.07) is 10.8. The molecule has 1 aliphatic heterocycles. The fourth-order valence-corrected chi connectivity index (χ4v) is 4.86. The number of nitrogens with one attached hydrogen (secondary N) is 1. The Morgan fingerprint density at radius 2 is 1.83 bits per heavy atom. The van der Waals surface area contributed by atoms with E-state index in [0.29, 0.717) is 12.0 Å². The topological polar surface area (TPSA) is 59.4 Å². The van der Waals surface area contributed by atoms with E-state index in [0.717, 1.165) is 62.3 Å². The van der Waals surface area contributed by atoms with Crippen LogP contribution in [0.4, 0.5) is 5.82 Å². The largest absolute Gasteiger partial charge is 0.497 e. The third-order valence-corrected chi connectivity index (χ3v) is 6.44. The van der Waals surface area contributed by atoms with Crippen molar-refractivity contribution in [1.82, 2.24) is 15.1 Å². The number of amides is 1. The summed E-state index contributed by atoms with van der Waals surface area (Å²) in [6.45, 7) is 2.75. The van der Waals surface area contributed by atoms with Gasteiger partial charge >= 0.3 is 0 Å². The molecule has 2 heterocycles. The quantitative estimate of drug-likeness (QED) is 0.840. The van der Waals surface area contributed by atoms with Crippen molar-refractivity contribution in [3.8, 4) is 5.75 Å². The molecule has 6 heteroatoms. The Bertz CT molecular complexity index is 837. The van der Waals surface area contributed by atoms with Gasteiger partial charge in [-0.15, -0.1) is 0 Å². The minimum atomic E-state index is -0.0820. The third-order valence-electron chi connectivity index (χ3n) is 6.44. The van der Waals surface area contributed by atoms with Gasteiger partial charge in [0, 0.05) is 25.7 Å². The molecule has 2 aromatic rings. The van der Waals surface area contributed by atoms with Crippen LogP contribution in [0.2, 0.25) is 0 Å². The Morgan fingerprint density at radius 3 is 2.45 bits per heavy atom. The minimum Gasteiger partial charge on any atom is -0.497 e. The van der Waals surface area contributed by atoms with Crippen LogP contribution in [-0.4, -0.2) is 41.4 Å². The Kier molecular flexibility index (Phi) is 5.90. The number of benzene rings is 1. The third kappa shape index (κ3) is 4.32. The lowest BCUT2D eigenvalue weighted by atomic mass is 9.81. The highest BCUT2D eigenvalue weighted by Crippen LogP contribution is 2.34. The van der Waals surface area contributed by atoms with Crippen LogP contribution in [0.1, 0.15) is 55.7 Å². The van der Waals surface area contributed by atoms with Gasteiger partial charge in [-0.1, -0.05) is 12.1 Å². The molecule has 6 nitrogen and oxygen atoms in total. The molecule has 1 aliphatic carbocycles. The number of ether oxygens (including phenoxy) is 1. The van der Waals surface area contributed by atoms with E-state index in [2.05, 4.69) is 34.7 Å². The molecule has 29 heavy (non-hydrogen) atoms. The summed E-state index contributed by atoms with van der Waals surface area (Å²) in [7, 11) is 3.61. The number of carbonyl (C=O) groups is 1. The van der Waals surface area contributed by atoms with Gasteiger partial charge in [0.15, 0.2) is 0 Å². The molecule has 0 spiro atoms. The predicted octanol–water partition coefficient (Wildman–Crippen LogP) is 3.55. The standard InChI is InChI=1S/C23H32N4O2/c1-16-15-22(26(2)25-16)27-14-4-5-21(23(27)28)24-19-10-6-17(7-11-19)18-8-12-20(29-3)13-9-18/h8-9,12-13,15,17,19,21,24H,4-7,10-11,14H2,1-3H3. The van der Waals surface area contributed by atoms with Gasteiger partial charge in [-0.2, -0.15) is 5.10 Å². The van der Waals surface area contributed by atoms with Crippen molar-refractivity contribution in [2.24, 2.45) is 7.05 Å². The maximum atomic E-state index is 13.1. The molecule has 1 amide bonds. The second kappa shape index (κ2) is 8.57. The number of piperidine rings is 1. The lowest BCUT2D eigenvalue weighted by Gasteiger charge is -2.36. The SMILES string of the molecule is COc1ccc(C2CCC(NC3CCCN(c4cc(C)nn4C)C3=O)CC2)cc1. The summed E-state index contributed by atoms with van der Waals surface area (Å²) >= 11 is 0. The number of aromatic nitrogens is 2. The highest BCUT2D eigenvalue weighted by molar-refractivity contribution is 5.97. The molecule has 156 valence electrons. The zero-order valence-electron chi connectivity index (χ0n) is 17.7. The Hall–Kier alpha value is -2.34. The van der Waals surface area contributed by atoms with E-state index >= 15 is 0 Å². The predicted molar refractivity (Wildman–Crippen MR) is 114 cm³/mol. The summed E-state index contributed by atoms with van der Waals surface area (Å²) in [4.78, 5) is 15.0. The Balaban J connectivity index is 1.33. The molecular formula is C23H32N4O2. The monoisotopic (exact) mass is 396 g/mol. The van der Waals surface area contributed by atoms with Crippen molar-refractivity contribution in [3.63, 3.8) is 0 Å². The molecule has 1 unspecified atom stereocenters. The summed E-state index contributed by atoms with van der Waals surface area (Å²) in [5.41, 5.74) is 2.35. The van der Waals surface area contributed by atoms with Gasteiger partial charge in [-0.3, -0.25) is 14.4 Å². The fourth-order valence-electron chi connectivity index (χ4n) is 4.86. The lowest BCUT2D eigenvalue weighted by Crippen LogP contribution is -2.54. The van der Waals surface area contributed by atoms with Crippen molar-refractivity contribution in [1.29, 1.82) is 0 Å². The number of nitrogens with zero attached hydrogens (tertiary/aromatic N) is 3. The molecule has 1 saturated carbocycles. The molecule has 0 radical (unpaired) electrons. The lowest BCUT2D eigenvalue weighted by molar-refractivity contribution is -0.122. The highest BCUT2D eigenvalue weighted by Gasteiger charge is 2.33. The first kappa shape index (κ1) is 20.0. The average molecular weight is 397 g/mol. The highest BCUT2D eigenvalue weighted by atomic mass is 16.5. The van der Waals surface area contributed by atoms with Gasteiger partial charge in [0.25, 0.3) is 0 Å². The summed E-state index contributed by atoms with van der Waals surface area (Å²) < 4.78 is 7.08. The molecule has 2 fully saturated rings. The van der Waals surface area contributed by atoms with Crippen molar-refractivity contribution in [2.75, 3.05) is 18.6 Å². The summed E-state index contributed by atoms with van der Waals surface area (Å²) in [6.07, 6.45) is 6.50. The number of carbonyl (C=O) groups excluding carboxylic acids is 1. The van der Waals surface area contributed by atoms with Crippen LogP contribution in [0.15, 0.2) is 30.3 Å². The molecule has 1 aromatic carbocycles. The Morgan fingerprint density at radius 1 is 1.10 bits per heavy atom. The molecule has 4 rings (SSSR count). The molecule has 1 aromatic heterocycles. The Labute approximate surface area is 173 Å². The molecule has 1 N–H and O–H groups in total. The van der Waals surface area contributed by atoms with Crippen LogP contribution >= 0.6 is 0 Å². The maximum absolute atomic E-state index is 13.1. The molecule has 2 aliphatic rings. The number of hydrogen-bond acceptors (Lipinski definition) is 4. The van der Waals surface area contributed by atoms with E-state index in [4.69, 9.17) is 4.74 Å². The second-order valence-electron chi connectivity index (χ2n) is 8.44. The number of aryl methyl sites for hydroxylation is 2. The molecule has 1 saturated heterocycles. The van der Waals surface area contributed by atoms with Gasteiger partial charge in [-0.05, 0) is 69.1 Å². The van der Waals surface area contributed by atoms with E-state index in [1.165, 1.54) is 5.56 Å². The number of methoxy groups -OCH3 is 1. The van der Waals surface area contributed by atoms with E-state index in [-0.39, 0.29) is 11.9 Å². The summed E-state index contributed by atoms with van der Waals surface area (Å²) in [5, 5.41) is 8.09. The first-order valence-electron chi connectivity index (χ1n) is 10.8. The maximum Gasteiger partial charge on any atom is 0.245 e. The number of rotatable bonds is 5. The first-order valence-corrected chi connectivity index (χ1v) is 10.8. The van der Waals surface area contributed by atoms with E-state index in [9.17, 15) is 4.79 Å². The first-order chi connectivity index (χ1) is 14.0. The fraction of sp³-hybridized carbons (Fsp3) is 0.565. The number of anilines is 1. The summed E-state index contributed by atoms with van der Waals surface area (Å²) in [5.74, 6) is 2.61. The van der Waals surface area contributed by atoms with E-state index in [1.54, 1.807) is 7.11 Å².